The van der Waals surface area contributed by atoms with Gasteiger partial charge in [-0.1, -0.05) is 48.2 Å². The molecule has 2 aliphatic rings. The number of amidine groups is 1. The maximum atomic E-state index is 11.8. The highest BCUT2D eigenvalue weighted by atomic mass is 32.2. The van der Waals surface area contributed by atoms with E-state index in [4.69, 9.17) is 5.11 Å². The van der Waals surface area contributed by atoms with Crippen LogP contribution in [0.4, 0.5) is 5.69 Å². The molecular weight excluding hydrogens is 452 g/mol. The Hall–Kier alpha value is -3.68. The molecule has 0 aliphatic carbocycles. The van der Waals surface area contributed by atoms with E-state index in [0.717, 1.165) is 50.2 Å². The Bertz CT molecular complexity index is 1150. The van der Waals surface area contributed by atoms with Gasteiger partial charge in [-0.15, -0.1) is 5.10 Å². The molecule has 2 fully saturated rings. The fourth-order valence-electron chi connectivity index (χ4n) is 3.88. The molecule has 2 heterocycles. The third-order valence-electron chi connectivity index (χ3n) is 5.59. The van der Waals surface area contributed by atoms with Gasteiger partial charge in [0.2, 0.25) is 5.91 Å². The summed E-state index contributed by atoms with van der Waals surface area (Å²) in [6, 6.07) is 18.3. The molecule has 2 aromatic rings. The zero-order chi connectivity index (χ0) is 23.9. The summed E-state index contributed by atoms with van der Waals surface area (Å²) >= 11 is 1.04. The van der Waals surface area contributed by atoms with E-state index >= 15 is 0 Å². The monoisotopic (exact) mass is 476 g/mol. The van der Waals surface area contributed by atoms with Crippen molar-refractivity contribution in [2.24, 2.45) is 10.2 Å². The molecule has 0 aromatic heterocycles. The van der Waals surface area contributed by atoms with Crippen molar-refractivity contribution in [2.45, 2.75) is 18.2 Å². The van der Waals surface area contributed by atoms with Crippen LogP contribution in [0.1, 0.15) is 23.1 Å². The molecule has 0 spiro atoms. The van der Waals surface area contributed by atoms with Crippen molar-refractivity contribution in [2.75, 3.05) is 31.1 Å². The van der Waals surface area contributed by atoms with Crippen molar-refractivity contribution in [3.8, 4) is 6.07 Å². The van der Waals surface area contributed by atoms with Crippen molar-refractivity contribution < 1.29 is 14.7 Å². The molecule has 0 bridgehead atoms. The topological polar surface area (TPSA) is 121 Å². The Morgan fingerprint density at radius 3 is 2.68 bits per heavy atom. The van der Waals surface area contributed by atoms with Gasteiger partial charge in [0.1, 0.15) is 11.3 Å². The van der Waals surface area contributed by atoms with E-state index < -0.39 is 11.2 Å². The van der Waals surface area contributed by atoms with Gasteiger partial charge in [0, 0.05) is 32.7 Å². The molecule has 2 aromatic carbocycles. The van der Waals surface area contributed by atoms with Crippen molar-refractivity contribution in [3.63, 3.8) is 0 Å². The molecule has 34 heavy (non-hydrogen) atoms. The maximum Gasteiger partial charge on any atom is 0.305 e. The second-order valence-corrected chi connectivity index (χ2v) is 9.17. The fourth-order valence-corrected chi connectivity index (χ4v) is 4.80. The Labute approximate surface area is 201 Å². The summed E-state index contributed by atoms with van der Waals surface area (Å²) in [4.78, 5) is 27.2. The Morgan fingerprint density at radius 2 is 1.97 bits per heavy atom. The molecule has 1 amide bonds. The second kappa shape index (κ2) is 11.0. The number of aliphatic carboxylic acids is 1. The molecule has 174 valence electrons. The van der Waals surface area contributed by atoms with E-state index in [0.29, 0.717) is 11.1 Å². The van der Waals surface area contributed by atoms with Crippen LogP contribution in [0.5, 0.6) is 0 Å². The number of carboxylic acids is 1. The van der Waals surface area contributed by atoms with Gasteiger partial charge in [-0.05, 0) is 23.3 Å². The molecule has 1 unspecified atom stereocenters. The molecule has 1 atom stereocenters. The summed E-state index contributed by atoms with van der Waals surface area (Å²) in [5, 5.41) is 28.6. The molecule has 2 aliphatic heterocycles. The predicted molar refractivity (Wildman–Crippen MR) is 132 cm³/mol. The van der Waals surface area contributed by atoms with E-state index in [1.54, 1.807) is 6.07 Å². The highest BCUT2D eigenvalue weighted by Gasteiger charge is 2.32. The van der Waals surface area contributed by atoms with E-state index in [-0.39, 0.29) is 17.5 Å². The predicted octanol–water partition coefficient (Wildman–Crippen LogP) is 2.28. The van der Waals surface area contributed by atoms with Crippen molar-refractivity contribution >= 4 is 40.7 Å². The molecular formula is C24H24N6O3S. The lowest BCUT2D eigenvalue weighted by atomic mass is 10.1. The zero-order valence-corrected chi connectivity index (χ0v) is 19.2. The van der Waals surface area contributed by atoms with Gasteiger partial charge < -0.3 is 15.3 Å². The molecule has 2 saturated heterocycles. The molecule has 0 radical (unpaired) electrons. The largest absolute Gasteiger partial charge is 0.481 e. The van der Waals surface area contributed by atoms with E-state index in [1.165, 1.54) is 11.8 Å². The number of rotatable bonds is 7. The summed E-state index contributed by atoms with van der Waals surface area (Å²) in [6.07, 6.45) is 1.24. The Kier molecular flexibility index (Phi) is 7.57. The number of nitriles is 1. The maximum absolute atomic E-state index is 11.8. The van der Waals surface area contributed by atoms with E-state index in [9.17, 15) is 14.9 Å². The highest BCUT2D eigenvalue weighted by molar-refractivity contribution is 8.15. The number of carbonyl (C=O) groups excluding carboxylic acids is 1. The lowest BCUT2D eigenvalue weighted by Crippen LogP contribution is -2.46. The third kappa shape index (κ3) is 6.01. The van der Waals surface area contributed by atoms with Gasteiger partial charge >= 0.3 is 5.97 Å². The van der Waals surface area contributed by atoms with E-state index in [1.807, 2.05) is 18.2 Å². The normalized spacial score (nSPS) is 20.0. The summed E-state index contributed by atoms with van der Waals surface area (Å²) in [7, 11) is 0. The first-order valence-corrected chi connectivity index (χ1v) is 11.8. The van der Waals surface area contributed by atoms with Gasteiger partial charge in [-0.2, -0.15) is 10.4 Å². The Balaban J connectivity index is 1.35. The van der Waals surface area contributed by atoms with Gasteiger partial charge in [0.25, 0.3) is 0 Å². The standard InChI is InChI=1S/C24H24N6O3S/c25-14-19-12-18(15-26-28-24-27-23(33)21(34-24)13-22(31)32)6-7-20(19)30-10-8-29(9-11-30)16-17-4-2-1-3-5-17/h1-7,12,15,21H,8-11,13,16H2,(H,31,32)(H,27,28,33). The zero-order valence-electron chi connectivity index (χ0n) is 18.4. The van der Waals surface area contributed by atoms with Crippen LogP contribution in [0.3, 0.4) is 0 Å². The third-order valence-corrected chi connectivity index (χ3v) is 6.67. The van der Waals surface area contributed by atoms with E-state index in [2.05, 4.69) is 55.7 Å². The SMILES string of the molecule is N#Cc1cc(C=NN=C2NC(=O)C(CC(=O)O)S2)ccc1N1CCN(Cc2ccccc2)CC1. The number of hydrogen-bond donors (Lipinski definition) is 2. The Morgan fingerprint density at radius 1 is 1.21 bits per heavy atom. The summed E-state index contributed by atoms with van der Waals surface area (Å²) < 4.78 is 0. The molecule has 0 saturated carbocycles. The minimum atomic E-state index is -1.04. The number of carbonyl (C=O) groups is 2. The van der Waals surface area contributed by atoms with Crippen LogP contribution in [0.25, 0.3) is 0 Å². The molecule has 10 heteroatoms. The quantitative estimate of drug-likeness (QED) is 0.464. The van der Waals surface area contributed by atoms with Crippen LogP contribution in [0, 0.1) is 11.3 Å². The second-order valence-electron chi connectivity index (χ2n) is 7.98. The first-order chi connectivity index (χ1) is 16.5. The lowest BCUT2D eigenvalue weighted by Gasteiger charge is -2.36. The first-order valence-electron chi connectivity index (χ1n) is 10.9. The number of amides is 1. The van der Waals surface area contributed by atoms with Gasteiger partial charge in [0.05, 0.1) is 23.9 Å². The van der Waals surface area contributed by atoms with Crippen LogP contribution < -0.4 is 10.2 Å². The van der Waals surface area contributed by atoms with Crippen LogP contribution in [0.15, 0.2) is 58.7 Å². The minimum Gasteiger partial charge on any atom is -0.481 e. The average Bonchev–Trinajstić information content (AvgIpc) is 3.18. The van der Waals surface area contributed by atoms with Crippen molar-refractivity contribution in [1.82, 2.24) is 10.2 Å². The number of benzene rings is 2. The number of thioether (sulfide) groups is 1. The van der Waals surface area contributed by atoms with Crippen LogP contribution >= 0.6 is 11.8 Å². The number of carboxylic acid groups (broad SMARTS) is 1. The van der Waals surface area contributed by atoms with Gasteiger partial charge in [-0.25, -0.2) is 0 Å². The highest BCUT2D eigenvalue weighted by Crippen LogP contribution is 2.24. The summed E-state index contributed by atoms with van der Waals surface area (Å²) in [5.74, 6) is -1.43. The smallest absolute Gasteiger partial charge is 0.305 e. The molecule has 2 N–H and O–H groups in total. The van der Waals surface area contributed by atoms with Crippen molar-refractivity contribution in [1.29, 1.82) is 5.26 Å². The van der Waals surface area contributed by atoms with Crippen molar-refractivity contribution in [3.05, 3.63) is 65.2 Å². The number of nitrogens with one attached hydrogen (secondary N) is 1. The molecule has 4 rings (SSSR count). The summed E-state index contributed by atoms with van der Waals surface area (Å²) in [6.45, 7) is 4.46. The van der Waals surface area contributed by atoms with Gasteiger partial charge in [0.15, 0.2) is 5.17 Å². The van der Waals surface area contributed by atoms with Crippen LogP contribution in [-0.2, 0) is 16.1 Å². The number of anilines is 1. The number of nitrogens with zero attached hydrogens (tertiary/aromatic N) is 5. The number of piperazine rings is 1. The number of hydrogen-bond acceptors (Lipinski definition) is 8. The average molecular weight is 477 g/mol. The molecule has 9 nitrogen and oxygen atoms in total. The lowest BCUT2D eigenvalue weighted by molar-refractivity contribution is -0.138. The minimum absolute atomic E-state index is 0.262. The van der Waals surface area contributed by atoms with Crippen LogP contribution in [0.2, 0.25) is 0 Å². The van der Waals surface area contributed by atoms with Crippen LogP contribution in [-0.4, -0.2) is 64.7 Å². The fraction of sp³-hybridized carbons (Fsp3) is 0.292. The summed E-state index contributed by atoms with van der Waals surface area (Å²) in [5.41, 5.74) is 3.48. The first kappa shape index (κ1) is 23.5. The van der Waals surface area contributed by atoms with Gasteiger partial charge in [-0.3, -0.25) is 14.5 Å².